The number of ether oxygens (including phenoxy) is 1. The number of halogens is 1. The number of carbonyl (C=O) groups is 1. The van der Waals surface area contributed by atoms with Crippen molar-refractivity contribution >= 4 is 17.8 Å². The Labute approximate surface area is 93.3 Å². The second kappa shape index (κ2) is 8.65. The van der Waals surface area contributed by atoms with Gasteiger partial charge in [-0.15, -0.1) is 0 Å². The van der Waals surface area contributed by atoms with Gasteiger partial charge in [-0.05, 0) is 6.42 Å². The molecule has 11 heavy (non-hydrogen) atoms. The normalized spacial score (nSPS) is 11.5. The van der Waals surface area contributed by atoms with Crippen molar-refractivity contribution in [3.8, 4) is 0 Å². The molecule has 3 nitrogen and oxygen atoms in total. The number of alkyl halides is 1. The molecule has 0 aliphatic rings. The SMILES string of the molecule is CCCCC(Cl)OC(=O)[O-].[Na+]. The minimum absolute atomic E-state index is 0. The average molecular weight is 189 g/mol. The van der Waals surface area contributed by atoms with Crippen LogP contribution in [0.25, 0.3) is 0 Å². The molecule has 0 heterocycles. The summed E-state index contributed by atoms with van der Waals surface area (Å²) in [5.41, 5.74) is -0.745. The molecule has 0 aromatic carbocycles. The Balaban J connectivity index is 0. The van der Waals surface area contributed by atoms with Gasteiger partial charge < -0.3 is 14.6 Å². The van der Waals surface area contributed by atoms with Crippen molar-refractivity contribution in [2.45, 2.75) is 31.7 Å². The Bertz CT molecular complexity index is 110. The average Bonchev–Trinajstić information content (AvgIpc) is 1.82. The van der Waals surface area contributed by atoms with Gasteiger partial charge in [0.05, 0.1) is 0 Å². The molecular weight excluding hydrogens is 179 g/mol. The van der Waals surface area contributed by atoms with E-state index in [1.54, 1.807) is 0 Å². The van der Waals surface area contributed by atoms with Crippen LogP contribution in [0.3, 0.4) is 0 Å². The number of rotatable bonds is 4. The van der Waals surface area contributed by atoms with Gasteiger partial charge in [0.2, 0.25) is 0 Å². The van der Waals surface area contributed by atoms with Crippen LogP contribution in [-0.4, -0.2) is 11.7 Å². The molecule has 0 fully saturated rings. The van der Waals surface area contributed by atoms with E-state index in [-0.39, 0.29) is 29.6 Å². The molecule has 0 aliphatic heterocycles. The summed E-state index contributed by atoms with van der Waals surface area (Å²) in [6.07, 6.45) is 0.823. The number of unbranched alkanes of at least 4 members (excludes halogenated alkanes) is 1. The van der Waals surface area contributed by atoms with Crippen LogP contribution >= 0.6 is 11.6 Å². The molecule has 0 aliphatic carbocycles. The summed E-state index contributed by atoms with van der Waals surface area (Å²) in [7, 11) is 0. The van der Waals surface area contributed by atoms with Crippen LogP contribution in [0.1, 0.15) is 26.2 Å². The van der Waals surface area contributed by atoms with Crippen LogP contribution in [0.15, 0.2) is 0 Å². The van der Waals surface area contributed by atoms with Crippen LogP contribution in [-0.2, 0) is 4.74 Å². The third kappa shape index (κ3) is 10.6. The first-order valence-electron chi connectivity index (χ1n) is 3.18. The van der Waals surface area contributed by atoms with Crippen molar-refractivity contribution in [1.29, 1.82) is 0 Å². The Kier molecular flexibility index (Phi) is 11.1. The van der Waals surface area contributed by atoms with Gasteiger partial charge in [0.15, 0.2) is 0 Å². The molecule has 0 radical (unpaired) electrons. The Morgan fingerprint density at radius 2 is 2.27 bits per heavy atom. The first-order valence-corrected chi connectivity index (χ1v) is 3.62. The molecule has 0 N–H and O–H groups in total. The molecule has 0 aromatic heterocycles. The van der Waals surface area contributed by atoms with Gasteiger partial charge in [-0.2, -0.15) is 0 Å². The Morgan fingerprint density at radius 1 is 1.73 bits per heavy atom. The second-order valence-electron chi connectivity index (χ2n) is 1.92. The molecule has 0 bridgehead atoms. The van der Waals surface area contributed by atoms with E-state index in [9.17, 15) is 9.90 Å². The van der Waals surface area contributed by atoms with Gasteiger partial charge in [-0.25, -0.2) is 0 Å². The van der Waals surface area contributed by atoms with Gasteiger partial charge in [0.25, 0.3) is 6.16 Å². The van der Waals surface area contributed by atoms with Crippen molar-refractivity contribution < 1.29 is 44.2 Å². The van der Waals surface area contributed by atoms with Gasteiger partial charge in [0, 0.05) is 0 Å². The molecule has 0 amide bonds. The summed E-state index contributed by atoms with van der Waals surface area (Å²) in [4.78, 5) is 9.76. The zero-order valence-corrected chi connectivity index (χ0v) is 9.56. The van der Waals surface area contributed by atoms with Gasteiger partial charge in [-0.1, -0.05) is 31.4 Å². The summed E-state index contributed by atoms with van der Waals surface area (Å²) in [6, 6.07) is 0. The topological polar surface area (TPSA) is 49.4 Å². The van der Waals surface area contributed by atoms with Gasteiger partial charge >= 0.3 is 29.6 Å². The van der Waals surface area contributed by atoms with Crippen molar-refractivity contribution in [2.75, 3.05) is 0 Å². The number of carboxylic acid groups (broad SMARTS) is 1. The maximum absolute atomic E-state index is 9.76. The molecule has 0 aromatic rings. The van der Waals surface area contributed by atoms with Crippen molar-refractivity contribution in [3.63, 3.8) is 0 Å². The van der Waals surface area contributed by atoms with Crippen LogP contribution in [0.4, 0.5) is 4.79 Å². The molecule has 0 saturated heterocycles. The van der Waals surface area contributed by atoms with Gasteiger partial charge in [-0.3, -0.25) is 0 Å². The minimum Gasteiger partial charge on any atom is -0.530 e. The van der Waals surface area contributed by atoms with Crippen molar-refractivity contribution in [2.24, 2.45) is 0 Å². The van der Waals surface area contributed by atoms with Crippen LogP contribution in [0.5, 0.6) is 0 Å². The Hall–Kier alpha value is 0.560. The molecule has 5 heteroatoms. The summed E-state index contributed by atoms with van der Waals surface area (Å²) in [6.45, 7) is 1.99. The zero-order chi connectivity index (χ0) is 7.98. The first kappa shape index (κ1) is 14.1. The molecule has 60 valence electrons. The molecule has 0 saturated carbocycles. The van der Waals surface area contributed by atoms with E-state index in [1.165, 1.54) is 0 Å². The van der Waals surface area contributed by atoms with E-state index in [4.69, 9.17) is 11.6 Å². The summed E-state index contributed by atoms with van der Waals surface area (Å²) < 4.78 is 4.12. The smallest absolute Gasteiger partial charge is 0.530 e. The largest absolute Gasteiger partial charge is 1.00 e. The molecule has 0 rings (SSSR count). The molecule has 1 atom stereocenters. The fourth-order valence-electron chi connectivity index (χ4n) is 0.528. The molecule has 1 unspecified atom stereocenters. The van der Waals surface area contributed by atoms with Crippen LogP contribution < -0.4 is 34.7 Å². The number of hydrogen-bond donors (Lipinski definition) is 0. The van der Waals surface area contributed by atoms with Crippen molar-refractivity contribution in [3.05, 3.63) is 0 Å². The third-order valence-electron chi connectivity index (χ3n) is 1.01. The van der Waals surface area contributed by atoms with E-state index in [1.807, 2.05) is 6.92 Å². The second-order valence-corrected chi connectivity index (χ2v) is 2.41. The summed E-state index contributed by atoms with van der Waals surface area (Å²) in [5.74, 6) is 0. The maximum atomic E-state index is 9.76. The van der Waals surface area contributed by atoms with E-state index in [0.29, 0.717) is 6.42 Å². The molecule has 0 spiro atoms. The summed E-state index contributed by atoms with van der Waals surface area (Å²) >= 11 is 5.41. The van der Waals surface area contributed by atoms with Crippen LogP contribution in [0, 0.1) is 0 Å². The van der Waals surface area contributed by atoms with E-state index >= 15 is 0 Å². The minimum atomic E-state index is -1.56. The fraction of sp³-hybridized carbons (Fsp3) is 0.833. The summed E-state index contributed by atoms with van der Waals surface area (Å²) in [5, 5.41) is 9.76. The monoisotopic (exact) mass is 188 g/mol. The zero-order valence-electron chi connectivity index (χ0n) is 6.80. The maximum Gasteiger partial charge on any atom is 1.00 e. The van der Waals surface area contributed by atoms with Crippen molar-refractivity contribution in [1.82, 2.24) is 0 Å². The van der Waals surface area contributed by atoms with Crippen LogP contribution in [0.2, 0.25) is 0 Å². The quantitative estimate of drug-likeness (QED) is 0.294. The van der Waals surface area contributed by atoms with E-state index in [0.717, 1.165) is 12.8 Å². The van der Waals surface area contributed by atoms with E-state index in [2.05, 4.69) is 4.74 Å². The standard InChI is InChI=1S/C6H11ClO3.Na/c1-2-3-4-5(7)10-6(8)9;/h5H,2-4H2,1H3,(H,8,9);/q;+1/p-1. The third-order valence-corrected chi connectivity index (χ3v) is 1.32. The Morgan fingerprint density at radius 3 is 2.64 bits per heavy atom. The number of hydrogen-bond acceptors (Lipinski definition) is 3. The van der Waals surface area contributed by atoms with E-state index < -0.39 is 11.7 Å². The van der Waals surface area contributed by atoms with Gasteiger partial charge in [0.1, 0.15) is 5.56 Å². The fourth-order valence-corrected chi connectivity index (χ4v) is 0.755. The molecular formula is C6H10ClNaO3. The predicted molar refractivity (Wildman–Crippen MR) is 35.6 cm³/mol. The first-order chi connectivity index (χ1) is 4.66. The predicted octanol–water partition coefficient (Wildman–Crippen LogP) is -1.89. The number of carbonyl (C=O) groups excluding carboxylic acids is 1.